The number of ether oxygens (including phenoxy) is 2. The van der Waals surface area contributed by atoms with Crippen molar-refractivity contribution >= 4 is 17.7 Å². The summed E-state index contributed by atoms with van der Waals surface area (Å²) in [4.78, 5) is 35.2. The Hall–Kier alpha value is -2.43. The van der Waals surface area contributed by atoms with Crippen LogP contribution in [0.1, 0.15) is 129 Å². The number of esters is 2. The third-order valence-electron chi connectivity index (χ3n) is 6.86. The number of hydrogen-bond acceptors (Lipinski definition) is 5. The molecule has 37 heavy (non-hydrogen) atoms. The third kappa shape index (κ3) is 14.2. The molecule has 0 aliphatic heterocycles. The summed E-state index contributed by atoms with van der Waals surface area (Å²) in [6, 6.07) is 3.12. The Kier molecular flexibility index (Phi) is 15.1. The van der Waals surface area contributed by atoms with Gasteiger partial charge in [-0.25, -0.2) is 0 Å². The lowest BCUT2D eigenvalue weighted by molar-refractivity contribution is -0.132. The number of Topliss-reactive ketones (excluding diaryl/α,β-unsaturated/α-hetero) is 1. The van der Waals surface area contributed by atoms with Crippen molar-refractivity contribution in [1.29, 1.82) is 0 Å². The zero-order valence-corrected chi connectivity index (χ0v) is 24.6. The highest BCUT2D eigenvalue weighted by molar-refractivity contribution is 5.98. The quantitative estimate of drug-likeness (QED) is 0.0900. The van der Waals surface area contributed by atoms with Crippen molar-refractivity contribution in [3.8, 4) is 11.5 Å². The minimum atomic E-state index is -0.537. The molecule has 1 rings (SSSR count). The van der Waals surface area contributed by atoms with Crippen molar-refractivity contribution in [2.45, 2.75) is 120 Å². The molecule has 1 aromatic rings. The van der Waals surface area contributed by atoms with Crippen LogP contribution in [0.5, 0.6) is 11.5 Å². The maximum atomic E-state index is 12.1. The molecule has 0 N–H and O–H groups in total. The lowest BCUT2D eigenvalue weighted by Crippen LogP contribution is -2.10. The Morgan fingerprint density at radius 1 is 0.730 bits per heavy atom. The minimum absolute atomic E-state index is 0.111. The predicted octanol–water partition coefficient (Wildman–Crippen LogP) is 8.67. The first kappa shape index (κ1) is 32.6. The molecule has 208 valence electrons. The second-order valence-electron chi connectivity index (χ2n) is 11.3. The van der Waals surface area contributed by atoms with E-state index < -0.39 is 11.9 Å². The lowest BCUT2D eigenvalue weighted by Gasteiger charge is -2.15. The highest BCUT2D eigenvalue weighted by atomic mass is 16.5. The van der Waals surface area contributed by atoms with Gasteiger partial charge < -0.3 is 9.47 Å². The molecular formula is C32H50O5. The standard InChI is InChI=1S/C32H50O5/c1-22(2)12-9-13-23(3)14-10-15-24(4)16-11-17-25(5)18-19-29-20-30(26(6)33)32(37-28(8)35)21-31(29)36-27(7)34/h18,20-24H,9-17,19H2,1-8H3/b25-18+. The molecule has 0 amide bonds. The predicted molar refractivity (Wildman–Crippen MR) is 151 cm³/mol. The van der Waals surface area contributed by atoms with Crippen molar-refractivity contribution in [3.05, 3.63) is 34.9 Å². The van der Waals surface area contributed by atoms with Crippen LogP contribution < -0.4 is 9.47 Å². The van der Waals surface area contributed by atoms with Crippen LogP contribution in [-0.2, 0) is 16.0 Å². The number of carbonyl (C=O) groups is 3. The van der Waals surface area contributed by atoms with Crippen LogP contribution in [0.2, 0.25) is 0 Å². The van der Waals surface area contributed by atoms with Gasteiger partial charge in [-0.05, 0) is 62.5 Å². The summed E-state index contributed by atoms with van der Waals surface area (Å²) in [5.41, 5.74) is 2.29. The number of rotatable bonds is 17. The number of ketones is 1. The summed E-state index contributed by atoms with van der Waals surface area (Å²) < 4.78 is 10.5. The molecule has 0 spiro atoms. The van der Waals surface area contributed by atoms with Gasteiger partial charge in [0.25, 0.3) is 0 Å². The summed E-state index contributed by atoms with van der Waals surface area (Å²) >= 11 is 0. The fourth-order valence-electron chi connectivity index (χ4n) is 4.62. The number of hydrogen-bond donors (Lipinski definition) is 0. The monoisotopic (exact) mass is 514 g/mol. The van der Waals surface area contributed by atoms with Crippen LogP contribution in [0.25, 0.3) is 0 Å². The zero-order chi connectivity index (χ0) is 28.0. The van der Waals surface area contributed by atoms with Gasteiger partial charge in [-0.1, -0.05) is 84.3 Å². The molecule has 0 aliphatic carbocycles. The summed E-state index contributed by atoms with van der Waals surface area (Å²) in [5, 5.41) is 0. The second-order valence-corrected chi connectivity index (χ2v) is 11.3. The van der Waals surface area contributed by atoms with Gasteiger partial charge in [0, 0.05) is 19.9 Å². The van der Waals surface area contributed by atoms with Crippen LogP contribution >= 0.6 is 0 Å². The summed E-state index contributed by atoms with van der Waals surface area (Å²) in [6.45, 7) is 15.5. The van der Waals surface area contributed by atoms with Gasteiger partial charge in [0.05, 0.1) is 5.56 Å². The maximum Gasteiger partial charge on any atom is 0.308 e. The van der Waals surface area contributed by atoms with E-state index in [9.17, 15) is 14.4 Å². The molecular weight excluding hydrogens is 464 g/mol. The Morgan fingerprint density at radius 3 is 1.76 bits per heavy atom. The van der Waals surface area contributed by atoms with E-state index in [0.717, 1.165) is 30.6 Å². The summed E-state index contributed by atoms with van der Waals surface area (Å²) in [6.07, 6.45) is 14.0. The Balaban J connectivity index is 2.62. The van der Waals surface area contributed by atoms with Crippen molar-refractivity contribution in [2.75, 3.05) is 0 Å². The minimum Gasteiger partial charge on any atom is -0.426 e. The molecule has 0 aromatic heterocycles. The van der Waals surface area contributed by atoms with Crippen LogP contribution in [0.15, 0.2) is 23.8 Å². The molecule has 0 bridgehead atoms. The molecule has 0 fully saturated rings. The summed E-state index contributed by atoms with van der Waals surface area (Å²) in [5.74, 6) is 1.58. The number of allylic oxidation sites excluding steroid dienone is 2. The molecule has 5 nitrogen and oxygen atoms in total. The average molecular weight is 515 g/mol. The Bertz CT molecular complexity index is 912. The van der Waals surface area contributed by atoms with Crippen molar-refractivity contribution in [1.82, 2.24) is 0 Å². The molecule has 2 atom stereocenters. The fraction of sp³-hybridized carbons (Fsp3) is 0.656. The molecule has 0 radical (unpaired) electrons. The van der Waals surface area contributed by atoms with Gasteiger partial charge in [0.2, 0.25) is 0 Å². The van der Waals surface area contributed by atoms with Gasteiger partial charge >= 0.3 is 11.9 Å². The number of carbonyl (C=O) groups excluding carboxylic acids is 3. The lowest BCUT2D eigenvalue weighted by atomic mass is 9.91. The zero-order valence-electron chi connectivity index (χ0n) is 24.6. The molecule has 1 aromatic carbocycles. The van der Waals surface area contributed by atoms with E-state index in [0.29, 0.717) is 23.3 Å². The first-order valence-corrected chi connectivity index (χ1v) is 14.1. The fourth-order valence-corrected chi connectivity index (χ4v) is 4.62. The van der Waals surface area contributed by atoms with E-state index in [4.69, 9.17) is 9.47 Å². The highest BCUT2D eigenvalue weighted by Gasteiger charge is 2.17. The van der Waals surface area contributed by atoms with Crippen molar-refractivity contribution in [2.24, 2.45) is 17.8 Å². The molecule has 0 aliphatic rings. The SMILES string of the molecule is CC(=O)Oc1cc(OC(C)=O)c(C(C)=O)cc1C/C=C(\C)CCCC(C)CCCC(C)CCCC(C)C. The van der Waals surface area contributed by atoms with Gasteiger partial charge in [-0.2, -0.15) is 0 Å². The van der Waals surface area contributed by atoms with Crippen LogP contribution in [0, 0.1) is 17.8 Å². The topological polar surface area (TPSA) is 69.7 Å². The number of benzene rings is 1. The first-order chi connectivity index (χ1) is 17.4. The first-order valence-electron chi connectivity index (χ1n) is 14.1. The molecule has 5 heteroatoms. The van der Waals surface area contributed by atoms with E-state index >= 15 is 0 Å². The van der Waals surface area contributed by atoms with Gasteiger partial charge in [-0.15, -0.1) is 0 Å². The van der Waals surface area contributed by atoms with Crippen LogP contribution in [0.4, 0.5) is 0 Å². The van der Waals surface area contributed by atoms with Gasteiger partial charge in [0.1, 0.15) is 11.5 Å². The maximum absolute atomic E-state index is 12.1. The molecule has 0 saturated heterocycles. The van der Waals surface area contributed by atoms with E-state index in [1.165, 1.54) is 77.4 Å². The Labute approximate surface area is 225 Å². The Morgan fingerprint density at radius 2 is 1.24 bits per heavy atom. The van der Waals surface area contributed by atoms with Gasteiger partial charge in [-0.3, -0.25) is 14.4 Å². The van der Waals surface area contributed by atoms with Crippen LogP contribution in [0.3, 0.4) is 0 Å². The smallest absolute Gasteiger partial charge is 0.308 e. The van der Waals surface area contributed by atoms with E-state index in [1.807, 2.05) is 0 Å². The molecule has 0 heterocycles. The van der Waals surface area contributed by atoms with E-state index in [-0.39, 0.29) is 11.5 Å². The third-order valence-corrected chi connectivity index (χ3v) is 6.86. The van der Waals surface area contributed by atoms with Crippen molar-refractivity contribution < 1.29 is 23.9 Å². The van der Waals surface area contributed by atoms with E-state index in [2.05, 4.69) is 40.7 Å². The molecule has 2 unspecified atom stereocenters. The normalized spacial score (nSPS) is 13.4. The largest absolute Gasteiger partial charge is 0.426 e. The highest BCUT2D eigenvalue weighted by Crippen LogP contribution is 2.31. The van der Waals surface area contributed by atoms with Crippen LogP contribution in [-0.4, -0.2) is 17.7 Å². The second kappa shape index (κ2) is 17.1. The molecule has 0 saturated carbocycles. The average Bonchev–Trinajstić information content (AvgIpc) is 2.77. The van der Waals surface area contributed by atoms with Crippen molar-refractivity contribution in [3.63, 3.8) is 0 Å². The van der Waals surface area contributed by atoms with Gasteiger partial charge in [0.15, 0.2) is 5.78 Å². The summed E-state index contributed by atoms with van der Waals surface area (Å²) in [7, 11) is 0. The van der Waals surface area contributed by atoms with E-state index in [1.54, 1.807) is 6.07 Å².